The minimum Gasteiger partial charge on any atom is -0.272 e. The van der Waals surface area contributed by atoms with Gasteiger partial charge in [-0.15, -0.1) is 0 Å². The lowest BCUT2D eigenvalue weighted by Gasteiger charge is -2.14. The van der Waals surface area contributed by atoms with Crippen LogP contribution >= 0.6 is 0 Å². The summed E-state index contributed by atoms with van der Waals surface area (Å²) >= 11 is 0. The first kappa shape index (κ1) is 19.4. The summed E-state index contributed by atoms with van der Waals surface area (Å²) in [6, 6.07) is 17.3. The molecule has 0 aliphatic rings. The average Bonchev–Trinajstić information content (AvgIpc) is 2.66. The van der Waals surface area contributed by atoms with E-state index in [1.54, 1.807) is 54.6 Å². The van der Waals surface area contributed by atoms with Crippen molar-refractivity contribution in [3.05, 3.63) is 77.2 Å². The van der Waals surface area contributed by atoms with Gasteiger partial charge in [-0.25, -0.2) is 8.42 Å². The second-order valence-corrected chi connectivity index (χ2v) is 7.31. The molecule has 26 heavy (non-hydrogen) atoms. The Hall–Kier alpha value is -2.97. The van der Waals surface area contributed by atoms with E-state index in [0.717, 1.165) is 15.3 Å². The molecule has 0 heterocycles. The Balaban J connectivity index is 1.87. The van der Waals surface area contributed by atoms with Crippen LogP contribution in [0.3, 0.4) is 0 Å². The normalized spacial score (nSPS) is 11.5. The molecule has 2 amide bonds. The van der Waals surface area contributed by atoms with E-state index in [2.05, 4.69) is 10.9 Å². The van der Waals surface area contributed by atoms with Gasteiger partial charge in [0.25, 0.3) is 11.8 Å². The van der Waals surface area contributed by atoms with E-state index >= 15 is 0 Å². The predicted molar refractivity (Wildman–Crippen MR) is 99.1 cm³/mol. The van der Waals surface area contributed by atoms with Crippen LogP contribution in [0, 0.1) is 0 Å². The molecule has 2 rings (SSSR count). The third kappa shape index (κ3) is 5.83. The van der Waals surface area contributed by atoms with Gasteiger partial charge in [-0.1, -0.05) is 48.5 Å². The number of benzene rings is 2. The van der Waals surface area contributed by atoms with E-state index in [0.29, 0.717) is 5.56 Å². The minimum absolute atomic E-state index is 0.375. The third-order valence-corrected chi connectivity index (χ3v) is 4.86. The van der Waals surface area contributed by atoms with Crippen LogP contribution in [0.2, 0.25) is 0 Å². The van der Waals surface area contributed by atoms with Crippen molar-refractivity contribution in [3.63, 3.8) is 0 Å². The molecule has 0 aliphatic carbocycles. The van der Waals surface area contributed by atoms with Crippen LogP contribution in [0.15, 0.2) is 66.1 Å². The quantitative estimate of drug-likeness (QED) is 0.748. The van der Waals surface area contributed by atoms with Gasteiger partial charge in [-0.2, -0.15) is 4.31 Å². The lowest BCUT2D eigenvalue weighted by molar-refractivity contribution is -0.121. The maximum atomic E-state index is 12.2. The van der Waals surface area contributed by atoms with Crippen LogP contribution in [0.4, 0.5) is 0 Å². The SMILES string of the molecule is CN(CC(=O)NNC(=O)c1ccccc1)S(=O)(=O)/C=C/c1ccccc1. The van der Waals surface area contributed by atoms with Crippen molar-refractivity contribution in [3.8, 4) is 0 Å². The molecule has 7 nitrogen and oxygen atoms in total. The van der Waals surface area contributed by atoms with Crippen LogP contribution in [0.5, 0.6) is 0 Å². The second-order valence-electron chi connectivity index (χ2n) is 5.38. The number of nitrogens with zero attached hydrogens (tertiary/aromatic N) is 1. The molecule has 2 aromatic rings. The molecule has 0 bridgehead atoms. The Morgan fingerprint density at radius 1 is 0.962 bits per heavy atom. The summed E-state index contributed by atoms with van der Waals surface area (Å²) in [5.41, 5.74) is 5.52. The topological polar surface area (TPSA) is 95.6 Å². The van der Waals surface area contributed by atoms with Crippen molar-refractivity contribution in [2.24, 2.45) is 0 Å². The zero-order valence-corrected chi connectivity index (χ0v) is 14.9. The molecule has 0 atom stereocenters. The Labute approximate surface area is 152 Å². The van der Waals surface area contributed by atoms with Crippen LogP contribution in [-0.4, -0.2) is 38.1 Å². The summed E-state index contributed by atoms with van der Waals surface area (Å²) in [7, 11) is -2.48. The number of sulfonamides is 1. The van der Waals surface area contributed by atoms with E-state index in [9.17, 15) is 18.0 Å². The first-order valence-corrected chi connectivity index (χ1v) is 9.22. The molecule has 0 radical (unpaired) electrons. The molecule has 0 aromatic heterocycles. The van der Waals surface area contributed by atoms with E-state index < -0.39 is 28.4 Å². The third-order valence-electron chi connectivity index (χ3n) is 3.38. The predicted octanol–water partition coefficient (Wildman–Crippen LogP) is 1.38. The van der Waals surface area contributed by atoms with E-state index in [-0.39, 0.29) is 0 Å². The number of hydrogen-bond acceptors (Lipinski definition) is 4. The molecular weight excluding hydrogens is 354 g/mol. The highest BCUT2D eigenvalue weighted by Crippen LogP contribution is 2.06. The number of carbonyl (C=O) groups is 2. The fourth-order valence-electron chi connectivity index (χ4n) is 1.95. The van der Waals surface area contributed by atoms with E-state index in [1.165, 1.54) is 13.1 Å². The standard InChI is InChI=1S/C18H19N3O4S/c1-21(26(24,25)13-12-15-8-4-2-5-9-15)14-17(22)19-20-18(23)16-10-6-3-7-11-16/h2-13H,14H2,1H3,(H,19,22)(H,20,23)/b13-12+. The van der Waals surface area contributed by atoms with Gasteiger partial charge in [0.15, 0.2) is 0 Å². The maximum absolute atomic E-state index is 12.2. The highest BCUT2D eigenvalue weighted by molar-refractivity contribution is 7.92. The van der Waals surface area contributed by atoms with Crippen molar-refractivity contribution in [1.29, 1.82) is 0 Å². The van der Waals surface area contributed by atoms with Gasteiger partial charge in [-0.05, 0) is 23.8 Å². The van der Waals surface area contributed by atoms with Crippen LogP contribution in [0.25, 0.3) is 6.08 Å². The van der Waals surface area contributed by atoms with Crippen molar-refractivity contribution < 1.29 is 18.0 Å². The molecule has 0 saturated carbocycles. The molecule has 0 spiro atoms. The zero-order chi connectivity index (χ0) is 19.0. The number of hydrazine groups is 1. The van der Waals surface area contributed by atoms with Crippen molar-refractivity contribution in [1.82, 2.24) is 15.2 Å². The number of amides is 2. The molecule has 136 valence electrons. The molecule has 2 N–H and O–H groups in total. The lowest BCUT2D eigenvalue weighted by atomic mass is 10.2. The van der Waals surface area contributed by atoms with E-state index in [1.807, 2.05) is 6.07 Å². The van der Waals surface area contributed by atoms with Crippen LogP contribution in [0.1, 0.15) is 15.9 Å². The first-order chi connectivity index (χ1) is 12.4. The van der Waals surface area contributed by atoms with Gasteiger partial charge in [0, 0.05) is 18.0 Å². The first-order valence-electron chi connectivity index (χ1n) is 7.72. The van der Waals surface area contributed by atoms with Gasteiger partial charge in [0.05, 0.1) is 6.54 Å². The molecule has 0 fully saturated rings. The van der Waals surface area contributed by atoms with Crippen LogP contribution < -0.4 is 10.9 Å². The smallest absolute Gasteiger partial charge is 0.269 e. The highest BCUT2D eigenvalue weighted by atomic mass is 32.2. The summed E-state index contributed by atoms with van der Waals surface area (Å²) in [6.07, 6.45) is 1.45. The Bertz CT molecular complexity index is 881. The molecular formula is C18H19N3O4S. The van der Waals surface area contributed by atoms with Gasteiger partial charge >= 0.3 is 0 Å². The molecule has 0 unspecified atom stereocenters. The second kappa shape index (κ2) is 8.93. The van der Waals surface area contributed by atoms with Crippen molar-refractivity contribution in [2.45, 2.75) is 0 Å². The van der Waals surface area contributed by atoms with Gasteiger partial charge < -0.3 is 0 Å². The number of likely N-dealkylation sites (N-methyl/N-ethyl adjacent to an activating group) is 1. The van der Waals surface area contributed by atoms with Gasteiger partial charge in [-0.3, -0.25) is 20.4 Å². The molecule has 2 aromatic carbocycles. The monoisotopic (exact) mass is 373 g/mol. The average molecular weight is 373 g/mol. The summed E-state index contributed by atoms with van der Waals surface area (Å²) in [5, 5.41) is 1.03. The summed E-state index contributed by atoms with van der Waals surface area (Å²) in [6.45, 7) is -0.434. The number of nitrogens with one attached hydrogen (secondary N) is 2. The summed E-state index contributed by atoms with van der Waals surface area (Å²) in [5.74, 6) is -1.15. The lowest BCUT2D eigenvalue weighted by Crippen LogP contribution is -2.46. The number of rotatable bonds is 6. The highest BCUT2D eigenvalue weighted by Gasteiger charge is 2.18. The van der Waals surface area contributed by atoms with E-state index in [4.69, 9.17) is 0 Å². The maximum Gasteiger partial charge on any atom is 0.269 e. The summed E-state index contributed by atoms with van der Waals surface area (Å²) in [4.78, 5) is 23.7. The minimum atomic E-state index is -3.77. The summed E-state index contributed by atoms with van der Waals surface area (Å²) < 4.78 is 25.2. The fourth-order valence-corrected chi connectivity index (χ4v) is 2.79. The van der Waals surface area contributed by atoms with Gasteiger partial charge in [0.2, 0.25) is 10.0 Å². The number of hydrogen-bond donors (Lipinski definition) is 2. The van der Waals surface area contributed by atoms with Crippen LogP contribution in [-0.2, 0) is 14.8 Å². The number of carbonyl (C=O) groups excluding carboxylic acids is 2. The largest absolute Gasteiger partial charge is 0.272 e. The fraction of sp³-hybridized carbons (Fsp3) is 0.111. The van der Waals surface area contributed by atoms with Crippen molar-refractivity contribution in [2.75, 3.05) is 13.6 Å². The Morgan fingerprint density at radius 2 is 1.54 bits per heavy atom. The molecule has 0 aliphatic heterocycles. The Morgan fingerprint density at radius 3 is 2.15 bits per heavy atom. The van der Waals surface area contributed by atoms with Crippen molar-refractivity contribution >= 4 is 27.9 Å². The Kier molecular flexibility index (Phi) is 6.65. The zero-order valence-electron chi connectivity index (χ0n) is 14.1. The molecule has 8 heteroatoms. The molecule has 0 saturated heterocycles. The van der Waals surface area contributed by atoms with Gasteiger partial charge in [0.1, 0.15) is 0 Å².